The molecule has 2 atom stereocenters. The summed E-state index contributed by atoms with van der Waals surface area (Å²) in [5.74, 6) is 0.0467. The molecule has 1 saturated carbocycles. The molecule has 1 aromatic rings. The first-order valence-electron chi connectivity index (χ1n) is 9.67. The Balaban J connectivity index is 1.48. The number of nitriles is 1. The number of carbonyl (C=O) groups excluding carboxylic acids is 1. The van der Waals surface area contributed by atoms with Crippen LogP contribution in [-0.4, -0.2) is 59.1 Å². The topological polar surface area (TPSA) is 69.5 Å². The van der Waals surface area contributed by atoms with Gasteiger partial charge in [0.1, 0.15) is 5.41 Å². The number of likely N-dealkylation sites (tertiary alicyclic amines) is 1. The van der Waals surface area contributed by atoms with Gasteiger partial charge in [0.05, 0.1) is 24.8 Å². The summed E-state index contributed by atoms with van der Waals surface area (Å²) >= 11 is 0. The smallest absolute Gasteiger partial charge is 0.243 e. The molecule has 1 aromatic heterocycles. The Hall–Kier alpha value is -1.97. The Labute approximate surface area is 154 Å². The molecular weight excluding hydrogens is 328 g/mol. The van der Waals surface area contributed by atoms with Crippen LogP contribution < -0.4 is 0 Å². The molecular formula is C20H26N4O2. The maximum atomic E-state index is 13.1. The normalized spacial score (nSPS) is 28.3. The lowest BCUT2D eigenvalue weighted by Crippen LogP contribution is -2.61. The Kier molecular flexibility index (Phi) is 4.92. The molecule has 1 amide bonds. The van der Waals surface area contributed by atoms with E-state index in [0.717, 1.165) is 39.0 Å². The zero-order chi connectivity index (χ0) is 18.0. The van der Waals surface area contributed by atoms with Crippen molar-refractivity contribution in [1.29, 1.82) is 5.26 Å². The fourth-order valence-corrected chi connectivity index (χ4v) is 4.70. The van der Waals surface area contributed by atoms with Gasteiger partial charge in [-0.1, -0.05) is 12.8 Å². The van der Waals surface area contributed by atoms with Gasteiger partial charge in [-0.05, 0) is 37.0 Å². The maximum Gasteiger partial charge on any atom is 0.243 e. The van der Waals surface area contributed by atoms with Crippen molar-refractivity contribution >= 4 is 5.91 Å². The number of rotatable bonds is 3. The number of pyridine rings is 1. The summed E-state index contributed by atoms with van der Waals surface area (Å²) in [5.41, 5.74) is 0.451. The average Bonchev–Trinajstić information content (AvgIpc) is 3.18. The SMILES string of the molecule is N#CC1(C(=O)N2CC[C@@H]3OCCN(Cc4ccncc4)[C@H]3C2)CCCC1. The van der Waals surface area contributed by atoms with Gasteiger partial charge in [0.25, 0.3) is 0 Å². The molecule has 6 nitrogen and oxygen atoms in total. The second-order valence-electron chi connectivity index (χ2n) is 7.74. The van der Waals surface area contributed by atoms with E-state index >= 15 is 0 Å². The molecule has 0 bridgehead atoms. The van der Waals surface area contributed by atoms with Gasteiger partial charge in [0.15, 0.2) is 0 Å². The highest BCUT2D eigenvalue weighted by Crippen LogP contribution is 2.40. The average molecular weight is 354 g/mol. The maximum absolute atomic E-state index is 13.1. The summed E-state index contributed by atoms with van der Waals surface area (Å²) in [6, 6.07) is 6.64. The van der Waals surface area contributed by atoms with E-state index in [-0.39, 0.29) is 18.1 Å². The van der Waals surface area contributed by atoms with Crippen LogP contribution in [0.1, 0.15) is 37.7 Å². The first-order chi connectivity index (χ1) is 12.7. The third-order valence-corrected chi connectivity index (χ3v) is 6.20. The first-order valence-corrected chi connectivity index (χ1v) is 9.67. The third kappa shape index (κ3) is 3.22. The van der Waals surface area contributed by atoms with Gasteiger partial charge in [0.2, 0.25) is 5.91 Å². The van der Waals surface area contributed by atoms with Crippen LogP contribution in [0.4, 0.5) is 0 Å². The summed E-state index contributed by atoms with van der Waals surface area (Å²) in [6.45, 7) is 3.82. The number of ether oxygens (including phenoxy) is 1. The van der Waals surface area contributed by atoms with Crippen molar-refractivity contribution in [2.75, 3.05) is 26.2 Å². The summed E-state index contributed by atoms with van der Waals surface area (Å²) in [7, 11) is 0. The highest BCUT2D eigenvalue weighted by atomic mass is 16.5. The molecule has 138 valence electrons. The molecule has 2 saturated heterocycles. The zero-order valence-corrected chi connectivity index (χ0v) is 15.1. The van der Waals surface area contributed by atoms with Crippen molar-refractivity contribution in [2.45, 2.75) is 50.8 Å². The number of nitrogens with zero attached hydrogens (tertiary/aromatic N) is 4. The van der Waals surface area contributed by atoms with Gasteiger partial charge in [-0.3, -0.25) is 14.7 Å². The van der Waals surface area contributed by atoms with Crippen molar-refractivity contribution < 1.29 is 9.53 Å². The molecule has 2 aliphatic heterocycles. The summed E-state index contributed by atoms with van der Waals surface area (Å²) < 4.78 is 6.00. The van der Waals surface area contributed by atoms with E-state index in [4.69, 9.17) is 4.74 Å². The number of carbonyl (C=O) groups is 1. The van der Waals surface area contributed by atoms with Crippen LogP contribution in [0.2, 0.25) is 0 Å². The Bertz CT molecular complexity index is 681. The molecule has 0 unspecified atom stereocenters. The van der Waals surface area contributed by atoms with Gasteiger partial charge in [-0.25, -0.2) is 0 Å². The molecule has 3 aliphatic rings. The lowest BCUT2D eigenvalue weighted by Gasteiger charge is -2.48. The highest BCUT2D eigenvalue weighted by Gasteiger charge is 2.47. The standard InChI is InChI=1S/C20H26N4O2/c21-15-20(6-1-2-7-20)19(25)24-10-5-18-17(14-24)23(11-12-26-18)13-16-3-8-22-9-4-16/h3-4,8-9,17-18H,1-2,5-7,10-14H2/t17-,18-/m0/s1. The van der Waals surface area contributed by atoms with E-state index in [1.54, 1.807) is 0 Å². The molecule has 0 aromatic carbocycles. The monoisotopic (exact) mass is 354 g/mol. The molecule has 3 heterocycles. The quantitative estimate of drug-likeness (QED) is 0.830. The van der Waals surface area contributed by atoms with E-state index < -0.39 is 5.41 Å². The van der Waals surface area contributed by atoms with Crippen LogP contribution in [0.15, 0.2) is 24.5 Å². The summed E-state index contributed by atoms with van der Waals surface area (Å²) in [5, 5.41) is 9.66. The van der Waals surface area contributed by atoms with Crippen LogP contribution in [0.3, 0.4) is 0 Å². The van der Waals surface area contributed by atoms with Crippen molar-refractivity contribution in [3.05, 3.63) is 30.1 Å². The van der Waals surface area contributed by atoms with Gasteiger partial charge in [-0.2, -0.15) is 5.26 Å². The number of morpholine rings is 1. The number of piperidine rings is 1. The largest absolute Gasteiger partial charge is 0.375 e. The number of hydrogen-bond donors (Lipinski definition) is 0. The zero-order valence-electron chi connectivity index (χ0n) is 15.1. The van der Waals surface area contributed by atoms with Crippen LogP contribution in [0.5, 0.6) is 0 Å². The fraction of sp³-hybridized carbons (Fsp3) is 0.650. The van der Waals surface area contributed by atoms with Gasteiger partial charge in [-0.15, -0.1) is 0 Å². The minimum atomic E-state index is -0.779. The number of amides is 1. The minimum absolute atomic E-state index is 0.0467. The van der Waals surface area contributed by atoms with Crippen LogP contribution in [0, 0.1) is 16.7 Å². The van der Waals surface area contributed by atoms with Crippen molar-refractivity contribution in [1.82, 2.24) is 14.8 Å². The fourth-order valence-electron chi connectivity index (χ4n) is 4.70. The molecule has 26 heavy (non-hydrogen) atoms. The van der Waals surface area contributed by atoms with Gasteiger partial charge in [0, 0.05) is 38.6 Å². The summed E-state index contributed by atoms with van der Waals surface area (Å²) in [4.78, 5) is 21.6. The Morgan fingerprint density at radius 3 is 2.81 bits per heavy atom. The predicted octanol–water partition coefficient (Wildman–Crippen LogP) is 1.97. The Morgan fingerprint density at radius 2 is 2.08 bits per heavy atom. The lowest BCUT2D eigenvalue weighted by molar-refractivity contribution is -0.150. The predicted molar refractivity (Wildman–Crippen MR) is 95.9 cm³/mol. The highest BCUT2D eigenvalue weighted by molar-refractivity contribution is 5.86. The van der Waals surface area contributed by atoms with Crippen molar-refractivity contribution in [3.63, 3.8) is 0 Å². The molecule has 0 N–H and O–H groups in total. The Morgan fingerprint density at radius 1 is 1.31 bits per heavy atom. The summed E-state index contributed by atoms with van der Waals surface area (Å²) in [6.07, 6.45) is 8.06. The molecule has 3 fully saturated rings. The molecule has 0 spiro atoms. The number of aromatic nitrogens is 1. The first kappa shape index (κ1) is 17.4. The van der Waals surface area contributed by atoms with E-state index in [0.29, 0.717) is 25.9 Å². The third-order valence-electron chi connectivity index (χ3n) is 6.20. The van der Waals surface area contributed by atoms with Gasteiger partial charge < -0.3 is 9.64 Å². The van der Waals surface area contributed by atoms with E-state index in [9.17, 15) is 10.1 Å². The van der Waals surface area contributed by atoms with Crippen molar-refractivity contribution in [3.8, 4) is 6.07 Å². The van der Waals surface area contributed by atoms with E-state index in [2.05, 4.69) is 16.0 Å². The number of fused-ring (bicyclic) bond motifs is 1. The molecule has 1 aliphatic carbocycles. The molecule has 6 heteroatoms. The van der Waals surface area contributed by atoms with E-state index in [1.807, 2.05) is 29.4 Å². The second-order valence-corrected chi connectivity index (χ2v) is 7.74. The number of hydrogen-bond acceptors (Lipinski definition) is 5. The minimum Gasteiger partial charge on any atom is -0.375 e. The lowest BCUT2D eigenvalue weighted by atomic mass is 9.85. The molecule has 4 rings (SSSR count). The second kappa shape index (κ2) is 7.34. The van der Waals surface area contributed by atoms with E-state index in [1.165, 1.54) is 5.56 Å². The van der Waals surface area contributed by atoms with Crippen molar-refractivity contribution in [2.24, 2.45) is 5.41 Å². The van der Waals surface area contributed by atoms with Crippen LogP contribution >= 0.6 is 0 Å². The van der Waals surface area contributed by atoms with Gasteiger partial charge >= 0.3 is 0 Å². The van der Waals surface area contributed by atoms with Crippen LogP contribution in [0.25, 0.3) is 0 Å². The molecule has 0 radical (unpaired) electrons. The van der Waals surface area contributed by atoms with Crippen LogP contribution in [-0.2, 0) is 16.1 Å².